The molecular weight excluding hydrogens is 168 g/mol. The van der Waals surface area contributed by atoms with Crippen LogP contribution >= 0.6 is 0 Å². The summed E-state index contributed by atoms with van der Waals surface area (Å²) >= 11 is 0. The lowest BCUT2D eigenvalue weighted by molar-refractivity contribution is 0.317. The summed E-state index contributed by atoms with van der Waals surface area (Å²) < 4.78 is 21.7. The van der Waals surface area contributed by atoms with Crippen molar-refractivity contribution < 1.29 is 13.6 Å². The van der Waals surface area contributed by atoms with E-state index < -0.39 is 9.84 Å². The molecule has 0 aromatic rings. The van der Waals surface area contributed by atoms with E-state index in [2.05, 4.69) is 5.16 Å². The van der Waals surface area contributed by atoms with Crippen LogP contribution < -0.4 is 5.73 Å². The van der Waals surface area contributed by atoms with E-state index in [1.807, 2.05) is 0 Å². The SMILES string of the molecule is CCS(=O)(=O)CC/C(N)=N/O. The molecule has 0 rings (SSSR count). The van der Waals surface area contributed by atoms with E-state index in [1.165, 1.54) is 0 Å². The summed E-state index contributed by atoms with van der Waals surface area (Å²) in [6, 6.07) is 0. The Kier molecular flexibility index (Phi) is 3.88. The van der Waals surface area contributed by atoms with Gasteiger partial charge in [-0.15, -0.1) is 0 Å². The van der Waals surface area contributed by atoms with Gasteiger partial charge in [0.1, 0.15) is 15.7 Å². The standard InChI is InChI=1S/C5H12N2O3S/c1-2-11(9,10)4-3-5(6)7-8/h8H,2-4H2,1H3,(H2,6,7). The molecule has 0 atom stereocenters. The van der Waals surface area contributed by atoms with Crippen LogP contribution in [0.15, 0.2) is 5.16 Å². The molecule has 0 saturated carbocycles. The lowest BCUT2D eigenvalue weighted by Gasteiger charge is -1.98. The van der Waals surface area contributed by atoms with Crippen LogP contribution in [0.1, 0.15) is 13.3 Å². The van der Waals surface area contributed by atoms with Crippen LogP contribution in [-0.4, -0.2) is 31.0 Å². The molecule has 0 unspecified atom stereocenters. The van der Waals surface area contributed by atoms with Crippen molar-refractivity contribution >= 4 is 15.7 Å². The number of oxime groups is 1. The van der Waals surface area contributed by atoms with Crippen LogP contribution in [0.25, 0.3) is 0 Å². The van der Waals surface area contributed by atoms with Crippen LogP contribution in [0.5, 0.6) is 0 Å². The van der Waals surface area contributed by atoms with E-state index in [0.29, 0.717) is 0 Å². The van der Waals surface area contributed by atoms with E-state index in [0.717, 1.165) is 0 Å². The quantitative estimate of drug-likeness (QED) is 0.265. The summed E-state index contributed by atoms with van der Waals surface area (Å²) in [6.07, 6.45) is 0.0900. The zero-order valence-electron chi connectivity index (χ0n) is 6.32. The van der Waals surface area contributed by atoms with Crippen LogP contribution in [0.2, 0.25) is 0 Å². The van der Waals surface area contributed by atoms with Gasteiger partial charge in [-0.3, -0.25) is 0 Å². The highest BCUT2D eigenvalue weighted by atomic mass is 32.2. The molecule has 66 valence electrons. The molecule has 0 heterocycles. The van der Waals surface area contributed by atoms with Crippen molar-refractivity contribution in [3.8, 4) is 0 Å². The Labute approximate surface area is 65.8 Å². The second kappa shape index (κ2) is 4.17. The molecule has 0 aromatic heterocycles. The molecule has 0 radical (unpaired) electrons. The van der Waals surface area contributed by atoms with E-state index >= 15 is 0 Å². The van der Waals surface area contributed by atoms with E-state index in [1.54, 1.807) is 6.92 Å². The average Bonchev–Trinajstić information content (AvgIpc) is 2.00. The number of hydrogen-bond acceptors (Lipinski definition) is 4. The predicted molar refractivity (Wildman–Crippen MR) is 42.4 cm³/mol. The third kappa shape index (κ3) is 4.60. The molecule has 0 spiro atoms. The fraction of sp³-hybridized carbons (Fsp3) is 0.800. The van der Waals surface area contributed by atoms with Crippen LogP contribution in [-0.2, 0) is 9.84 Å². The molecule has 0 aliphatic rings. The summed E-state index contributed by atoms with van der Waals surface area (Å²) in [6.45, 7) is 1.56. The van der Waals surface area contributed by atoms with Crippen molar-refractivity contribution in [2.45, 2.75) is 13.3 Å². The Hall–Kier alpha value is -0.780. The molecule has 0 fully saturated rings. The highest BCUT2D eigenvalue weighted by molar-refractivity contribution is 7.91. The van der Waals surface area contributed by atoms with Crippen molar-refractivity contribution in [1.29, 1.82) is 0 Å². The minimum absolute atomic E-state index is 0.0537. The molecule has 0 saturated heterocycles. The Bertz CT molecular complexity index is 232. The van der Waals surface area contributed by atoms with Gasteiger partial charge in [-0.25, -0.2) is 8.42 Å². The van der Waals surface area contributed by atoms with Gasteiger partial charge in [-0.2, -0.15) is 0 Å². The normalized spacial score (nSPS) is 13.4. The summed E-state index contributed by atoms with van der Waals surface area (Å²) in [7, 11) is -3.00. The molecule has 6 heteroatoms. The number of nitrogens with two attached hydrogens (primary N) is 1. The van der Waals surface area contributed by atoms with Crippen molar-refractivity contribution in [2.24, 2.45) is 10.9 Å². The van der Waals surface area contributed by atoms with Gasteiger partial charge in [0.25, 0.3) is 0 Å². The number of amidine groups is 1. The van der Waals surface area contributed by atoms with Crippen LogP contribution in [0.3, 0.4) is 0 Å². The Morgan fingerprint density at radius 2 is 2.18 bits per heavy atom. The first-order chi connectivity index (χ1) is 5.02. The summed E-state index contributed by atoms with van der Waals surface area (Å²) in [5, 5.41) is 10.7. The van der Waals surface area contributed by atoms with E-state index in [4.69, 9.17) is 10.9 Å². The molecule has 3 N–H and O–H groups in total. The third-order valence-corrected chi connectivity index (χ3v) is 2.94. The zero-order chi connectivity index (χ0) is 8.91. The van der Waals surface area contributed by atoms with Gasteiger partial charge in [0.05, 0.1) is 5.75 Å². The summed E-state index contributed by atoms with van der Waals surface area (Å²) in [5.41, 5.74) is 5.07. The van der Waals surface area contributed by atoms with E-state index in [9.17, 15) is 8.42 Å². The monoisotopic (exact) mass is 180 g/mol. The van der Waals surface area contributed by atoms with Gasteiger partial charge >= 0.3 is 0 Å². The van der Waals surface area contributed by atoms with Crippen LogP contribution in [0.4, 0.5) is 0 Å². The van der Waals surface area contributed by atoms with Crippen molar-refractivity contribution in [1.82, 2.24) is 0 Å². The molecule has 11 heavy (non-hydrogen) atoms. The molecule has 0 amide bonds. The maximum Gasteiger partial charge on any atom is 0.150 e. The Morgan fingerprint density at radius 3 is 2.55 bits per heavy atom. The maximum absolute atomic E-state index is 10.8. The smallest absolute Gasteiger partial charge is 0.150 e. The molecule has 0 bridgehead atoms. The highest BCUT2D eigenvalue weighted by Gasteiger charge is 2.07. The average molecular weight is 180 g/mol. The van der Waals surface area contributed by atoms with Crippen molar-refractivity contribution in [3.05, 3.63) is 0 Å². The van der Waals surface area contributed by atoms with Gasteiger partial charge in [0.2, 0.25) is 0 Å². The fourth-order valence-electron chi connectivity index (χ4n) is 0.454. The van der Waals surface area contributed by atoms with Crippen molar-refractivity contribution in [3.63, 3.8) is 0 Å². The minimum atomic E-state index is -3.00. The van der Waals surface area contributed by atoms with Gasteiger partial charge in [0, 0.05) is 12.2 Å². The summed E-state index contributed by atoms with van der Waals surface area (Å²) in [5.74, 6) is -0.0208. The molecule has 0 aromatic carbocycles. The first-order valence-electron chi connectivity index (χ1n) is 3.18. The second-order valence-electron chi connectivity index (χ2n) is 2.08. The Morgan fingerprint density at radius 1 is 1.64 bits per heavy atom. The molecular formula is C5H12N2O3S. The topological polar surface area (TPSA) is 92.8 Å². The maximum atomic E-state index is 10.8. The van der Waals surface area contributed by atoms with Gasteiger partial charge in [-0.1, -0.05) is 12.1 Å². The third-order valence-electron chi connectivity index (χ3n) is 1.24. The first-order valence-corrected chi connectivity index (χ1v) is 5.00. The first kappa shape index (κ1) is 10.2. The Balaban J connectivity index is 3.91. The lowest BCUT2D eigenvalue weighted by atomic mass is 10.5. The molecule has 0 aliphatic carbocycles. The summed E-state index contributed by atoms with van der Waals surface area (Å²) in [4.78, 5) is 0. The minimum Gasteiger partial charge on any atom is -0.409 e. The largest absolute Gasteiger partial charge is 0.409 e. The molecule has 5 nitrogen and oxygen atoms in total. The number of rotatable bonds is 4. The van der Waals surface area contributed by atoms with Crippen molar-refractivity contribution in [2.75, 3.05) is 11.5 Å². The van der Waals surface area contributed by atoms with Gasteiger partial charge in [-0.05, 0) is 0 Å². The lowest BCUT2D eigenvalue weighted by Crippen LogP contribution is -2.18. The van der Waals surface area contributed by atoms with Gasteiger partial charge in [0.15, 0.2) is 0 Å². The number of nitrogens with zero attached hydrogens (tertiary/aromatic N) is 1. The van der Waals surface area contributed by atoms with E-state index in [-0.39, 0.29) is 23.8 Å². The zero-order valence-corrected chi connectivity index (χ0v) is 7.13. The molecule has 0 aliphatic heterocycles. The fourth-order valence-corrected chi connectivity index (χ4v) is 1.26. The number of hydrogen-bond donors (Lipinski definition) is 2. The predicted octanol–water partition coefficient (Wildman–Crippen LogP) is -0.442. The number of sulfone groups is 1. The highest BCUT2D eigenvalue weighted by Crippen LogP contribution is 1.92. The van der Waals surface area contributed by atoms with Crippen LogP contribution in [0, 0.1) is 0 Å². The van der Waals surface area contributed by atoms with Gasteiger partial charge < -0.3 is 10.9 Å². The second-order valence-corrected chi connectivity index (χ2v) is 4.55.